The second-order valence-electron chi connectivity index (χ2n) is 8.01. The van der Waals surface area contributed by atoms with Gasteiger partial charge in [-0.25, -0.2) is 0 Å². The van der Waals surface area contributed by atoms with Crippen molar-refractivity contribution in [3.63, 3.8) is 0 Å². The lowest BCUT2D eigenvalue weighted by Crippen LogP contribution is -2.33. The van der Waals surface area contributed by atoms with E-state index in [1.807, 2.05) is 19.1 Å². The van der Waals surface area contributed by atoms with Crippen molar-refractivity contribution in [1.82, 2.24) is 0 Å². The van der Waals surface area contributed by atoms with E-state index in [-0.39, 0.29) is 18.9 Å². The molecule has 174 valence electrons. The second-order valence-corrected chi connectivity index (χ2v) is 8.01. The number of methoxy groups -OCH3 is 1. The Hall–Kier alpha value is -3.75. The maximum Gasteiger partial charge on any atom is 0.312 e. The number of hydrogen-bond donors (Lipinski definition) is 1. The third-order valence-electron chi connectivity index (χ3n) is 5.56. The Kier molecular flexibility index (Phi) is 6.39. The van der Waals surface area contributed by atoms with Gasteiger partial charge in [-0.1, -0.05) is 6.07 Å². The van der Waals surface area contributed by atoms with Gasteiger partial charge in [-0.15, -0.1) is 0 Å². The van der Waals surface area contributed by atoms with Crippen LogP contribution in [0.3, 0.4) is 0 Å². The lowest BCUT2D eigenvalue weighted by molar-refractivity contribution is -0.157. The Labute approximate surface area is 191 Å². The van der Waals surface area contributed by atoms with Gasteiger partial charge >= 0.3 is 5.97 Å². The van der Waals surface area contributed by atoms with Crippen LogP contribution >= 0.6 is 0 Å². The smallest absolute Gasteiger partial charge is 0.312 e. The Morgan fingerprint density at radius 1 is 1.12 bits per heavy atom. The van der Waals surface area contributed by atoms with Crippen LogP contribution in [-0.2, 0) is 19.1 Å². The number of carbonyl (C=O) groups excluding carboxylic acids is 3. The van der Waals surface area contributed by atoms with Crippen LogP contribution in [0.15, 0.2) is 36.4 Å². The zero-order valence-electron chi connectivity index (χ0n) is 18.8. The predicted octanol–water partition coefficient (Wildman–Crippen LogP) is 2.70. The van der Waals surface area contributed by atoms with E-state index in [9.17, 15) is 14.4 Å². The minimum atomic E-state index is -1.04. The standard InChI is InChI=1S/C24H26N2O7/c1-14-4-6-19(30-3)18(10-14)26-13-16(11-22(26)27)24(29)33-15(2)23(28)25-17-5-7-20-21(12-17)32-9-8-31-20/h4-7,10,12,15-16H,8-9,11,13H2,1-3H3,(H,25,28)/t15-,16-/m1/s1. The van der Waals surface area contributed by atoms with Gasteiger partial charge in [0.2, 0.25) is 5.91 Å². The monoisotopic (exact) mass is 454 g/mol. The van der Waals surface area contributed by atoms with Gasteiger partial charge in [-0.05, 0) is 43.7 Å². The number of esters is 1. The zero-order chi connectivity index (χ0) is 23.5. The maximum absolute atomic E-state index is 12.7. The minimum Gasteiger partial charge on any atom is -0.495 e. The zero-order valence-corrected chi connectivity index (χ0v) is 18.8. The molecule has 2 aliphatic rings. The third-order valence-corrected chi connectivity index (χ3v) is 5.56. The molecule has 2 aromatic carbocycles. The molecule has 1 N–H and O–H groups in total. The van der Waals surface area contributed by atoms with E-state index >= 15 is 0 Å². The van der Waals surface area contributed by atoms with Crippen molar-refractivity contribution >= 4 is 29.2 Å². The summed E-state index contributed by atoms with van der Waals surface area (Å²) in [6.45, 7) is 4.47. The van der Waals surface area contributed by atoms with Crippen LogP contribution < -0.4 is 24.4 Å². The summed E-state index contributed by atoms with van der Waals surface area (Å²) in [5.41, 5.74) is 2.08. The number of ether oxygens (including phenoxy) is 4. The number of benzene rings is 2. The Morgan fingerprint density at radius 3 is 2.64 bits per heavy atom. The van der Waals surface area contributed by atoms with E-state index in [0.717, 1.165) is 5.56 Å². The van der Waals surface area contributed by atoms with Gasteiger partial charge in [0, 0.05) is 24.7 Å². The molecule has 0 aromatic heterocycles. The predicted molar refractivity (Wildman–Crippen MR) is 120 cm³/mol. The molecule has 0 saturated carbocycles. The van der Waals surface area contributed by atoms with Crippen LogP contribution in [0.5, 0.6) is 17.2 Å². The van der Waals surface area contributed by atoms with Gasteiger partial charge in [0.25, 0.3) is 5.91 Å². The first-order valence-corrected chi connectivity index (χ1v) is 10.7. The number of nitrogens with zero attached hydrogens (tertiary/aromatic N) is 1. The normalized spacial score (nSPS) is 18.0. The van der Waals surface area contributed by atoms with E-state index in [1.54, 1.807) is 24.3 Å². The summed E-state index contributed by atoms with van der Waals surface area (Å²) in [7, 11) is 1.53. The molecule has 0 radical (unpaired) electrons. The summed E-state index contributed by atoms with van der Waals surface area (Å²) in [5, 5.41) is 2.71. The van der Waals surface area contributed by atoms with Crippen molar-refractivity contribution in [2.24, 2.45) is 5.92 Å². The van der Waals surface area contributed by atoms with Crippen molar-refractivity contribution in [3.8, 4) is 17.2 Å². The molecule has 4 rings (SSSR count). The number of aryl methyl sites for hydroxylation is 1. The second kappa shape index (κ2) is 9.40. The van der Waals surface area contributed by atoms with Gasteiger partial charge in [0.05, 0.1) is 18.7 Å². The van der Waals surface area contributed by atoms with Gasteiger partial charge in [-0.3, -0.25) is 14.4 Å². The summed E-state index contributed by atoms with van der Waals surface area (Å²) < 4.78 is 21.7. The fourth-order valence-corrected chi connectivity index (χ4v) is 3.80. The van der Waals surface area contributed by atoms with Crippen molar-refractivity contribution in [2.45, 2.75) is 26.4 Å². The Morgan fingerprint density at radius 2 is 1.88 bits per heavy atom. The molecule has 9 heteroatoms. The summed E-state index contributed by atoms with van der Waals surface area (Å²) in [4.78, 5) is 39.4. The molecule has 1 saturated heterocycles. The van der Waals surface area contributed by atoms with Crippen molar-refractivity contribution in [2.75, 3.05) is 37.1 Å². The van der Waals surface area contributed by atoms with Crippen molar-refractivity contribution in [1.29, 1.82) is 0 Å². The number of hydrogen-bond acceptors (Lipinski definition) is 7. The van der Waals surface area contributed by atoms with Gasteiger partial charge < -0.3 is 29.2 Å². The summed E-state index contributed by atoms with van der Waals surface area (Å²) in [6.07, 6.45) is -1.03. The first kappa shape index (κ1) is 22.4. The lowest BCUT2D eigenvalue weighted by Gasteiger charge is -2.21. The molecule has 0 spiro atoms. The highest BCUT2D eigenvalue weighted by Crippen LogP contribution is 2.35. The number of fused-ring (bicyclic) bond motifs is 1. The van der Waals surface area contributed by atoms with Gasteiger partial charge in [-0.2, -0.15) is 0 Å². The van der Waals surface area contributed by atoms with Crippen LogP contribution in [0.4, 0.5) is 11.4 Å². The fourth-order valence-electron chi connectivity index (χ4n) is 3.80. The van der Waals surface area contributed by atoms with Crippen molar-refractivity contribution in [3.05, 3.63) is 42.0 Å². The van der Waals surface area contributed by atoms with E-state index in [2.05, 4.69) is 5.32 Å². The molecule has 1 fully saturated rings. The number of rotatable bonds is 6. The van der Waals surface area contributed by atoms with E-state index in [4.69, 9.17) is 18.9 Å². The Balaban J connectivity index is 1.36. The van der Waals surface area contributed by atoms with Crippen LogP contribution in [-0.4, -0.2) is 50.8 Å². The fraction of sp³-hybridized carbons (Fsp3) is 0.375. The number of amides is 2. The van der Waals surface area contributed by atoms with Crippen LogP contribution in [0.25, 0.3) is 0 Å². The molecule has 2 aromatic rings. The lowest BCUT2D eigenvalue weighted by atomic mass is 10.1. The summed E-state index contributed by atoms with van der Waals surface area (Å²) >= 11 is 0. The third kappa shape index (κ3) is 4.87. The first-order valence-electron chi connectivity index (χ1n) is 10.7. The largest absolute Gasteiger partial charge is 0.495 e. The number of carbonyl (C=O) groups is 3. The quantitative estimate of drug-likeness (QED) is 0.670. The summed E-state index contributed by atoms with van der Waals surface area (Å²) in [5.74, 6) is -0.250. The molecule has 0 unspecified atom stereocenters. The van der Waals surface area contributed by atoms with E-state index < -0.39 is 23.9 Å². The van der Waals surface area contributed by atoms with Gasteiger partial charge in [0.15, 0.2) is 17.6 Å². The number of anilines is 2. The SMILES string of the molecule is COc1ccc(C)cc1N1C[C@H](C(=O)O[C@H](C)C(=O)Nc2ccc3c(c2)OCCO3)CC1=O. The van der Waals surface area contributed by atoms with Crippen molar-refractivity contribution < 1.29 is 33.3 Å². The molecule has 33 heavy (non-hydrogen) atoms. The maximum atomic E-state index is 12.7. The Bertz CT molecular complexity index is 1080. The van der Waals surface area contributed by atoms with Crippen LogP contribution in [0, 0.1) is 12.8 Å². The van der Waals surface area contributed by atoms with Gasteiger partial charge in [0.1, 0.15) is 19.0 Å². The highest BCUT2D eigenvalue weighted by molar-refractivity contribution is 6.01. The average molecular weight is 454 g/mol. The number of nitrogens with one attached hydrogen (secondary N) is 1. The highest BCUT2D eigenvalue weighted by atomic mass is 16.6. The molecule has 0 aliphatic carbocycles. The van der Waals surface area contributed by atoms with Crippen LogP contribution in [0.1, 0.15) is 18.9 Å². The topological polar surface area (TPSA) is 103 Å². The summed E-state index contributed by atoms with van der Waals surface area (Å²) in [6, 6.07) is 10.6. The molecule has 9 nitrogen and oxygen atoms in total. The molecule has 2 aliphatic heterocycles. The molecule has 0 bridgehead atoms. The highest BCUT2D eigenvalue weighted by Gasteiger charge is 2.38. The van der Waals surface area contributed by atoms with E-state index in [1.165, 1.54) is 18.9 Å². The molecular weight excluding hydrogens is 428 g/mol. The molecule has 2 heterocycles. The molecular formula is C24H26N2O7. The average Bonchev–Trinajstić information content (AvgIpc) is 3.20. The first-order chi connectivity index (χ1) is 15.9. The van der Waals surface area contributed by atoms with Crippen LogP contribution in [0.2, 0.25) is 0 Å². The molecule has 2 amide bonds. The minimum absolute atomic E-state index is 0.00638. The molecule has 2 atom stereocenters. The van der Waals surface area contributed by atoms with E-state index in [0.29, 0.717) is 41.8 Å².